The highest BCUT2D eigenvalue weighted by molar-refractivity contribution is 5.65. The first-order valence-electron chi connectivity index (χ1n) is 11.0. The number of hydrogen-bond acceptors (Lipinski definition) is 8. The predicted molar refractivity (Wildman–Crippen MR) is 126 cm³/mol. The van der Waals surface area contributed by atoms with Gasteiger partial charge in [-0.25, -0.2) is 4.68 Å². The topological polar surface area (TPSA) is 95.5 Å². The first-order valence-corrected chi connectivity index (χ1v) is 11.0. The fraction of sp³-hybridized carbons (Fsp3) is 0.208. The SMILES string of the molecule is COc1cccc(-c2ccn(-c3nc(N4CCOCC4)n4nc(-c5cccnc5)cc4n3)n2)c1. The van der Waals surface area contributed by atoms with Crippen LogP contribution in [0.4, 0.5) is 5.95 Å². The van der Waals surface area contributed by atoms with Gasteiger partial charge in [0, 0.05) is 48.9 Å². The van der Waals surface area contributed by atoms with E-state index in [1.54, 1.807) is 28.7 Å². The molecule has 1 fully saturated rings. The van der Waals surface area contributed by atoms with Gasteiger partial charge in [-0.05, 0) is 30.3 Å². The molecule has 0 saturated carbocycles. The third kappa shape index (κ3) is 3.73. The van der Waals surface area contributed by atoms with Gasteiger partial charge in [-0.1, -0.05) is 12.1 Å². The number of rotatable bonds is 5. The predicted octanol–water partition coefficient (Wildman–Crippen LogP) is 2.88. The maximum Gasteiger partial charge on any atom is 0.255 e. The van der Waals surface area contributed by atoms with Crippen molar-refractivity contribution in [1.82, 2.24) is 34.3 Å². The average Bonchev–Trinajstić information content (AvgIpc) is 3.57. The summed E-state index contributed by atoms with van der Waals surface area (Å²) in [6.07, 6.45) is 5.40. The zero-order chi connectivity index (χ0) is 22.9. The van der Waals surface area contributed by atoms with Crippen molar-refractivity contribution in [3.63, 3.8) is 0 Å². The zero-order valence-electron chi connectivity index (χ0n) is 18.6. The molecule has 0 spiro atoms. The summed E-state index contributed by atoms with van der Waals surface area (Å²) in [6, 6.07) is 15.5. The van der Waals surface area contributed by atoms with E-state index in [-0.39, 0.29) is 0 Å². The lowest BCUT2D eigenvalue weighted by atomic mass is 10.1. The van der Waals surface area contributed by atoms with E-state index in [1.807, 2.05) is 54.7 Å². The van der Waals surface area contributed by atoms with E-state index in [0.29, 0.717) is 30.8 Å². The van der Waals surface area contributed by atoms with Crippen molar-refractivity contribution in [3.8, 4) is 34.2 Å². The van der Waals surface area contributed by atoms with Gasteiger partial charge in [0.1, 0.15) is 5.75 Å². The molecule has 0 amide bonds. The quantitative estimate of drug-likeness (QED) is 0.400. The monoisotopic (exact) mass is 454 g/mol. The molecule has 1 saturated heterocycles. The third-order valence-corrected chi connectivity index (χ3v) is 5.71. The number of pyridine rings is 1. The number of fused-ring (bicyclic) bond motifs is 1. The van der Waals surface area contributed by atoms with E-state index in [2.05, 4.69) is 9.88 Å². The zero-order valence-corrected chi connectivity index (χ0v) is 18.6. The minimum atomic E-state index is 0.473. The lowest BCUT2D eigenvalue weighted by Gasteiger charge is -2.27. The van der Waals surface area contributed by atoms with E-state index in [9.17, 15) is 0 Å². The van der Waals surface area contributed by atoms with Crippen molar-refractivity contribution in [2.75, 3.05) is 38.3 Å². The Morgan fingerprint density at radius 2 is 1.79 bits per heavy atom. The molecule has 1 aliphatic rings. The normalized spacial score (nSPS) is 14.0. The molecule has 1 aromatic carbocycles. The van der Waals surface area contributed by atoms with Gasteiger partial charge in [-0.3, -0.25) is 4.98 Å². The van der Waals surface area contributed by atoms with Crippen molar-refractivity contribution in [3.05, 3.63) is 67.1 Å². The van der Waals surface area contributed by atoms with Gasteiger partial charge in [0.2, 0.25) is 5.95 Å². The van der Waals surface area contributed by atoms with Gasteiger partial charge in [-0.2, -0.15) is 24.7 Å². The molecule has 0 atom stereocenters. The van der Waals surface area contributed by atoms with Gasteiger partial charge in [-0.15, -0.1) is 0 Å². The summed E-state index contributed by atoms with van der Waals surface area (Å²) >= 11 is 0. The molecule has 170 valence electrons. The Labute approximate surface area is 195 Å². The minimum Gasteiger partial charge on any atom is -0.497 e. The summed E-state index contributed by atoms with van der Waals surface area (Å²) in [5.41, 5.74) is 4.15. The van der Waals surface area contributed by atoms with Crippen LogP contribution in [0.1, 0.15) is 0 Å². The Bertz CT molecular complexity index is 1440. The lowest BCUT2D eigenvalue weighted by molar-refractivity contribution is 0.121. The second-order valence-electron chi connectivity index (χ2n) is 7.84. The molecule has 4 aromatic heterocycles. The van der Waals surface area contributed by atoms with Gasteiger partial charge < -0.3 is 14.4 Å². The largest absolute Gasteiger partial charge is 0.497 e. The summed E-state index contributed by atoms with van der Waals surface area (Å²) < 4.78 is 14.4. The molecule has 0 radical (unpaired) electrons. The molecule has 0 N–H and O–H groups in total. The fourth-order valence-electron chi connectivity index (χ4n) is 3.96. The Hall–Kier alpha value is -4.31. The number of methoxy groups -OCH3 is 1. The number of ether oxygens (including phenoxy) is 2. The van der Waals surface area contributed by atoms with Crippen LogP contribution in [0, 0.1) is 0 Å². The Morgan fingerprint density at radius 3 is 2.62 bits per heavy atom. The van der Waals surface area contributed by atoms with Crippen LogP contribution in [0.15, 0.2) is 67.1 Å². The number of anilines is 1. The number of benzene rings is 1. The molecule has 10 heteroatoms. The fourth-order valence-corrected chi connectivity index (χ4v) is 3.96. The molecule has 5 aromatic rings. The summed E-state index contributed by atoms with van der Waals surface area (Å²) in [6.45, 7) is 2.72. The van der Waals surface area contributed by atoms with Crippen LogP contribution >= 0.6 is 0 Å². The van der Waals surface area contributed by atoms with Crippen LogP contribution in [-0.2, 0) is 4.74 Å². The Kier molecular flexibility index (Phi) is 5.11. The van der Waals surface area contributed by atoms with E-state index in [0.717, 1.165) is 41.4 Å². The summed E-state index contributed by atoms with van der Waals surface area (Å²) in [5.74, 6) is 1.96. The number of hydrogen-bond donors (Lipinski definition) is 0. The molecule has 1 aliphatic heterocycles. The lowest BCUT2D eigenvalue weighted by Crippen LogP contribution is -2.38. The van der Waals surface area contributed by atoms with Crippen LogP contribution in [0.25, 0.3) is 34.1 Å². The van der Waals surface area contributed by atoms with Gasteiger partial charge >= 0.3 is 0 Å². The van der Waals surface area contributed by atoms with E-state index in [1.165, 1.54) is 0 Å². The van der Waals surface area contributed by atoms with Crippen LogP contribution in [-0.4, -0.2) is 67.8 Å². The standard InChI is InChI=1S/C24H22N8O2/c1-33-19-6-2-4-17(14-19)20-7-9-31(28-20)23-26-22-15-21(18-5-3-8-25-16-18)29-32(22)24(27-23)30-10-12-34-13-11-30/h2-9,14-16H,10-13H2,1H3. The Morgan fingerprint density at radius 1 is 0.912 bits per heavy atom. The second-order valence-corrected chi connectivity index (χ2v) is 7.84. The molecule has 5 heterocycles. The molecular weight excluding hydrogens is 432 g/mol. The van der Waals surface area contributed by atoms with Crippen LogP contribution in [0.2, 0.25) is 0 Å². The molecule has 0 unspecified atom stereocenters. The molecule has 34 heavy (non-hydrogen) atoms. The smallest absolute Gasteiger partial charge is 0.255 e. The van der Waals surface area contributed by atoms with Crippen LogP contribution < -0.4 is 9.64 Å². The second kappa shape index (κ2) is 8.56. The van der Waals surface area contributed by atoms with Crippen LogP contribution in [0.5, 0.6) is 5.75 Å². The summed E-state index contributed by atoms with van der Waals surface area (Å²) in [4.78, 5) is 16.0. The molecule has 10 nitrogen and oxygen atoms in total. The molecule has 6 rings (SSSR count). The van der Waals surface area contributed by atoms with Gasteiger partial charge in [0.05, 0.1) is 31.7 Å². The van der Waals surface area contributed by atoms with Crippen molar-refractivity contribution < 1.29 is 9.47 Å². The summed E-state index contributed by atoms with van der Waals surface area (Å²) in [5, 5.41) is 9.53. The first kappa shape index (κ1) is 20.3. The van der Waals surface area contributed by atoms with E-state index >= 15 is 0 Å². The maximum atomic E-state index is 5.54. The molecule has 0 bridgehead atoms. The molecule has 0 aliphatic carbocycles. The first-order chi connectivity index (χ1) is 16.8. The number of morpholine rings is 1. The maximum absolute atomic E-state index is 5.54. The number of aromatic nitrogens is 7. The third-order valence-electron chi connectivity index (χ3n) is 5.71. The summed E-state index contributed by atoms with van der Waals surface area (Å²) in [7, 11) is 1.65. The van der Waals surface area contributed by atoms with Gasteiger partial charge in [0.15, 0.2) is 5.65 Å². The minimum absolute atomic E-state index is 0.473. The Balaban J connectivity index is 1.45. The highest BCUT2D eigenvalue weighted by atomic mass is 16.5. The number of nitrogens with zero attached hydrogens (tertiary/aromatic N) is 8. The highest BCUT2D eigenvalue weighted by Gasteiger charge is 2.21. The van der Waals surface area contributed by atoms with Gasteiger partial charge in [0.25, 0.3) is 5.95 Å². The van der Waals surface area contributed by atoms with Crippen molar-refractivity contribution >= 4 is 11.6 Å². The van der Waals surface area contributed by atoms with Crippen LogP contribution in [0.3, 0.4) is 0 Å². The average molecular weight is 454 g/mol. The van der Waals surface area contributed by atoms with Crippen molar-refractivity contribution in [2.45, 2.75) is 0 Å². The van der Waals surface area contributed by atoms with Crippen molar-refractivity contribution in [2.24, 2.45) is 0 Å². The van der Waals surface area contributed by atoms with E-state index in [4.69, 9.17) is 29.6 Å². The molecular formula is C24H22N8O2. The van der Waals surface area contributed by atoms with E-state index < -0.39 is 0 Å². The van der Waals surface area contributed by atoms with Crippen molar-refractivity contribution in [1.29, 1.82) is 0 Å². The highest BCUT2D eigenvalue weighted by Crippen LogP contribution is 2.25.